The fraction of sp³-hybridized carbons (Fsp3) is 0.316. The Morgan fingerprint density at radius 2 is 2.08 bits per heavy atom. The van der Waals surface area contributed by atoms with E-state index in [1.165, 1.54) is 27.8 Å². The molecule has 2 aromatic heterocycles. The normalized spacial score (nSPS) is 13.6. The van der Waals surface area contributed by atoms with E-state index in [1.807, 2.05) is 6.92 Å². The summed E-state index contributed by atoms with van der Waals surface area (Å²) in [5.41, 5.74) is 3.22. The van der Waals surface area contributed by atoms with Crippen molar-refractivity contribution in [1.29, 1.82) is 0 Å². The molecule has 0 atom stereocenters. The molecule has 5 nitrogen and oxygen atoms in total. The van der Waals surface area contributed by atoms with Crippen LogP contribution in [0, 0.1) is 5.82 Å². The summed E-state index contributed by atoms with van der Waals surface area (Å²) in [6.45, 7) is 1.87. The van der Waals surface area contributed by atoms with Gasteiger partial charge in [0, 0.05) is 11.3 Å². The van der Waals surface area contributed by atoms with Gasteiger partial charge in [-0.25, -0.2) is 14.1 Å². The van der Waals surface area contributed by atoms with Crippen LogP contribution in [0.5, 0.6) is 0 Å². The Labute approximate surface area is 153 Å². The topological polar surface area (TPSA) is 64.0 Å². The molecule has 2 heterocycles. The van der Waals surface area contributed by atoms with Gasteiger partial charge in [-0.05, 0) is 43.4 Å². The van der Waals surface area contributed by atoms with Crippen LogP contribution < -0.4 is 11.0 Å². The molecule has 1 aliphatic carbocycles. The fourth-order valence-electron chi connectivity index (χ4n) is 3.41. The lowest BCUT2D eigenvalue weighted by molar-refractivity contribution is 0.100. The lowest BCUT2D eigenvalue weighted by Crippen LogP contribution is -2.36. The van der Waals surface area contributed by atoms with Crippen molar-refractivity contribution in [3.05, 3.63) is 62.3 Å². The SMILES string of the molecule is CCc1nc2sc3c(c2c(=O)n1NC(=O)c1ccccc1F)CCCC3. The number of aryl methyl sites for hydroxylation is 3. The summed E-state index contributed by atoms with van der Waals surface area (Å²) < 4.78 is 15.1. The summed E-state index contributed by atoms with van der Waals surface area (Å²) in [6.07, 6.45) is 4.48. The highest BCUT2D eigenvalue weighted by Gasteiger charge is 2.23. The molecule has 1 N–H and O–H groups in total. The molecule has 0 spiro atoms. The number of carbonyl (C=O) groups is 1. The zero-order valence-corrected chi connectivity index (χ0v) is 15.2. The van der Waals surface area contributed by atoms with Gasteiger partial charge in [0.2, 0.25) is 0 Å². The van der Waals surface area contributed by atoms with Crippen molar-refractivity contribution < 1.29 is 9.18 Å². The lowest BCUT2D eigenvalue weighted by atomic mass is 9.97. The van der Waals surface area contributed by atoms with Crippen molar-refractivity contribution in [2.45, 2.75) is 39.0 Å². The van der Waals surface area contributed by atoms with Crippen molar-refractivity contribution in [3.63, 3.8) is 0 Å². The quantitative estimate of drug-likeness (QED) is 0.767. The lowest BCUT2D eigenvalue weighted by Gasteiger charge is -2.14. The van der Waals surface area contributed by atoms with E-state index in [0.29, 0.717) is 17.6 Å². The predicted octanol–water partition coefficient (Wildman–Crippen LogP) is 3.42. The molecule has 0 saturated carbocycles. The number of aromatic nitrogens is 2. The minimum absolute atomic E-state index is 0.103. The number of benzene rings is 1. The zero-order valence-electron chi connectivity index (χ0n) is 14.3. The highest BCUT2D eigenvalue weighted by Crippen LogP contribution is 2.33. The molecular formula is C19H18FN3O2S. The van der Waals surface area contributed by atoms with E-state index in [4.69, 9.17) is 0 Å². The molecule has 0 saturated heterocycles. The van der Waals surface area contributed by atoms with Crippen molar-refractivity contribution >= 4 is 27.5 Å². The number of halogens is 1. The summed E-state index contributed by atoms with van der Waals surface area (Å²) in [5, 5.41) is 0.593. The molecule has 1 amide bonds. The van der Waals surface area contributed by atoms with Gasteiger partial charge in [0.25, 0.3) is 11.5 Å². The van der Waals surface area contributed by atoms with Gasteiger partial charge >= 0.3 is 0 Å². The number of rotatable bonds is 3. The molecule has 134 valence electrons. The van der Waals surface area contributed by atoms with E-state index in [2.05, 4.69) is 10.4 Å². The third-order valence-electron chi connectivity index (χ3n) is 4.71. The van der Waals surface area contributed by atoms with Crippen molar-refractivity contribution in [2.24, 2.45) is 0 Å². The van der Waals surface area contributed by atoms with Crippen LogP contribution in [0.1, 0.15) is 46.4 Å². The Kier molecular flexibility index (Phi) is 4.32. The highest BCUT2D eigenvalue weighted by atomic mass is 32.1. The van der Waals surface area contributed by atoms with Gasteiger partial charge in [-0.1, -0.05) is 19.1 Å². The van der Waals surface area contributed by atoms with Crippen LogP contribution in [0.25, 0.3) is 10.2 Å². The van der Waals surface area contributed by atoms with E-state index in [-0.39, 0.29) is 11.1 Å². The van der Waals surface area contributed by atoms with E-state index in [0.717, 1.165) is 36.1 Å². The molecule has 7 heteroatoms. The molecule has 1 aliphatic rings. The summed E-state index contributed by atoms with van der Waals surface area (Å²) >= 11 is 1.57. The maximum atomic E-state index is 13.9. The zero-order chi connectivity index (χ0) is 18.3. The monoisotopic (exact) mass is 371 g/mol. The summed E-state index contributed by atoms with van der Waals surface area (Å²) in [7, 11) is 0. The van der Waals surface area contributed by atoms with Gasteiger partial charge < -0.3 is 0 Å². The largest absolute Gasteiger partial charge is 0.281 e. The van der Waals surface area contributed by atoms with Crippen LogP contribution in [-0.4, -0.2) is 15.6 Å². The second-order valence-electron chi connectivity index (χ2n) is 6.33. The van der Waals surface area contributed by atoms with Crippen LogP contribution in [0.15, 0.2) is 29.1 Å². The molecule has 3 aromatic rings. The number of carbonyl (C=O) groups excluding carboxylic acids is 1. The Bertz CT molecular complexity index is 1070. The number of thiophene rings is 1. The van der Waals surface area contributed by atoms with E-state index >= 15 is 0 Å². The smallest absolute Gasteiger partial charge is 0.267 e. The van der Waals surface area contributed by atoms with E-state index in [9.17, 15) is 14.0 Å². The molecule has 0 fully saturated rings. The van der Waals surface area contributed by atoms with Crippen LogP contribution in [-0.2, 0) is 19.3 Å². The first-order valence-corrected chi connectivity index (χ1v) is 9.54. The van der Waals surface area contributed by atoms with Crippen LogP contribution >= 0.6 is 11.3 Å². The molecule has 0 unspecified atom stereocenters. The molecular weight excluding hydrogens is 353 g/mol. The summed E-state index contributed by atoms with van der Waals surface area (Å²) in [4.78, 5) is 32.1. The van der Waals surface area contributed by atoms with Gasteiger partial charge in [-0.15, -0.1) is 11.3 Å². The Balaban J connectivity index is 1.84. The second kappa shape index (κ2) is 6.64. The van der Waals surface area contributed by atoms with Crippen LogP contribution in [0.3, 0.4) is 0 Å². The maximum absolute atomic E-state index is 13.9. The standard InChI is InChI=1S/C19H18FN3O2S/c1-2-15-21-18-16(12-8-4-6-10-14(12)26-18)19(25)23(15)22-17(24)11-7-3-5-9-13(11)20/h3,5,7,9H,2,4,6,8,10H2,1H3,(H,22,24). The number of nitrogens with zero attached hydrogens (tertiary/aromatic N) is 2. The summed E-state index contributed by atoms with van der Waals surface area (Å²) in [5.74, 6) is -0.825. The minimum Gasteiger partial charge on any atom is -0.267 e. The Morgan fingerprint density at radius 3 is 2.85 bits per heavy atom. The number of nitrogens with one attached hydrogen (secondary N) is 1. The third kappa shape index (κ3) is 2.72. The molecule has 26 heavy (non-hydrogen) atoms. The average molecular weight is 371 g/mol. The van der Waals surface area contributed by atoms with Crippen molar-refractivity contribution in [2.75, 3.05) is 5.43 Å². The van der Waals surface area contributed by atoms with Gasteiger partial charge in [0.1, 0.15) is 16.5 Å². The van der Waals surface area contributed by atoms with E-state index < -0.39 is 11.7 Å². The molecule has 0 radical (unpaired) electrons. The minimum atomic E-state index is -0.662. The predicted molar refractivity (Wildman–Crippen MR) is 100.0 cm³/mol. The Hall–Kier alpha value is -2.54. The van der Waals surface area contributed by atoms with Crippen LogP contribution in [0.2, 0.25) is 0 Å². The van der Waals surface area contributed by atoms with Crippen LogP contribution in [0.4, 0.5) is 4.39 Å². The number of hydrogen-bond acceptors (Lipinski definition) is 4. The molecule has 4 rings (SSSR count). The number of amides is 1. The van der Waals surface area contributed by atoms with E-state index in [1.54, 1.807) is 17.4 Å². The first-order chi connectivity index (χ1) is 12.6. The van der Waals surface area contributed by atoms with Gasteiger partial charge in [0.15, 0.2) is 0 Å². The first kappa shape index (κ1) is 16.9. The molecule has 1 aromatic carbocycles. The van der Waals surface area contributed by atoms with Crippen molar-refractivity contribution in [1.82, 2.24) is 9.66 Å². The third-order valence-corrected chi connectivity index (χ3v) is 5.89. The molecule has 0 bridgehead atoms. The number of hydrogen-bond donors (Lipinski definition) is 1. The fourth-order valence-corrected chi connectivity index (χ4v) is 4.68. The molecule has 0 aliphatic heterocycles. The number of fused-ring (bicyclic) bond motifs is 3. The van der Waals surface area contributed by atoms with Gasteiger partial charge in [0.05, 0.1) is 10.9 Å². The second-order valence-corrected chi connectivity index (χ2v) is 7.42. The van der Waals surface area contributed by atoms with Gasteiger partial charge in [-0.2, -0.15) is 0 Å². The summed E-state index contributed by atoms with van der Waals surface area (Å²) in [6, 6.07) is 5.70. The van der Waals surface area contributed by atoms with Crippen molar-refractivity contribution in [3.8, 4) is 0 Å². The van der Waals surface area contributed by atoms with Gasteiger partial charge in [-0.3, -0.25) is 15.0 Å². The maximum Gasteiger partial charge on any atom is 0.281 e. The first-order valence-electron chi connectivity index (χ1n) is 8.72. The highest BCUT2D eigenvalue weighted by molar-refractivity contribution is 7.18. The Morgan fingerprint density at radius 1 is 1.31 bits per heavy atom. The average Bonchev–Trinajstić information content (AvgIpc) is 3.02.